The summed E-state index contributed by atoms with van der Waals surface area (Å²) in [7, 11) is 0. The summed E-state index contributed by atoms with van der Waals surface area (Å²) in [5.74, 6) is 0.734. The quantitative estimate of drug-likeness (QED) is 0.880. The molecule has 0 aliphatic carbocycles. The molecule has 1 N–H and O–H groups in total. The molecule has 0 amide bonds. The molecule has 0 spiro atoms. The molecule has 0 saturated heterocycles. The smallest absolute Gasteiger partial charge is 0.144 e. The van der Waals surface area contributed by atoms with Crippen molar-refractivity contribution >= 4 is 43.4 Å². The summed E-state index contributed by atoms with van der Waals surface area (Å²) >= 11 is 6.77. The lowest BCUT2D eigenvalue weighted by atomic mass is 10.2. The van der Waals surface area contributed by atoms with Gasteiger partial charge in [-0.1, -0.05) is 0 Å². The summed E-state index contributed by atoms with van der Waals surface area (Å²) in [6.07, 6.45) is 1.72. The Hall–Kier alpha value is -1.38. The van der Waals surface area contributed by atoms with Gasteiger partial charge in [-0.15, -0.1) is 0 Å². The van der Waals surface area contributed by atoms with Crippen LogP contribution in [0.2, 0.25) is 0 Å². The summed E-state index contributed by atoms with van der Waals surface area (Å²) in [5.41, 5.74) is 1.53. The Morgan fingerprint density at radius 1 is 1.18 bits per heavy atom. The minimum Gasteiger partial charge on any atom is -0.339 e. The summed E-state index contributed by atoms with van der Waals surface area (Å²) in [6, 6.07) is 11.2. The zero-order valence-corrected chi connectivity index (χ0v) is 11.8. The average Bonchev–Trinajstić information content (AvgIpc) is 2.34. The molecule has 3 nitrogen and oxygen atoms in total. The van der Waals surface area contributed by atoms with E-state index in [9.17, 15) is 0 Å². The molecule has 0 fully saturated rings. The van der Waals surface area contributed by atoms with E-state index < -0.39 is 0 Å². The van der Waals surface area contributed by atoms with Crippen molar-refractivity contribution in [2.45, 2.75) is 0 Å². The zero-order valence-electron chi connectivity index (χ0n) is 8.61. The van der Waals surface area contributed by atoms with Crippen molar-refractivity contribution in [2.75, 3.05) is 5.32 Å². The second kappa shape index (κ2) is 5.30. The lowest BCUT2D eigenvalue weighted by Gasteiger charge is -2.07. The van der Waals surface area contributed by atoms with E-state index in [-0.39, 0.29) is 0 Å². The van der Waals surface area contributed by atoms with E-state index in [1.165, 1.54) is 0 Å². The number of halogens is 2. The Kier molecular flexibility index (Phi) is 3.77. The highest BCUT2D eigenvalue weighted by atomic mass is 79.9. The zero-order chi connectivity index (χ0) is 12.3. The number of nitrogens with one attached hydrogen (secondary N) is 1. The summed E-state index contributed by atoms with van der Waals surface area (Å²) in [5, 5.41) is 11.9. The molecule has 1 heterocycles. The fourth-order valence-corrected chi connectivity index (χ4v) is 2.36. The topological polar surface area (TPSA) is 48.7 Å². The maximum Gasteiger partial charge on any atom is 0.144 e. The molecule has 17 heavy (non-hydrogen) atoms. The highest BCUT2D eigenvalue weighted by Gasteiger charge is 2.02. The van der Waals surface area contributed by atoms with Crippen molar-refractivity contribution in [3.8, 4) is 6.07 Å². The molecule has 84 valence electrons. The standard InChI is InChI=1S/C12H7Br2N3/c13-9-5-11(14)12(16-7-9)17-10-3-1-8(6-15)2-4-10/h1-5,7H,(H,16,17). The molecule has 0 aliphatic rings. The van der Waals surface area contributed by atoms with E-state index in [0.717, 1.165) is 20.5 Å². The third-order valence-electron chi connectivity index (χ3n) is 2.08. The van der Waals surface area contributed by atoms with E-state index >= 15 is 0 Å². The number of nitriles is 1. The molecule has 0 atom stereocenters. The molecule has 0 radical (unpaired) electrons. The van der Waals surface area contributed by atoms with Gasteiger partial charge in [0.15, 0.2) is 0 Å². The summed E-state index contributed by atoms with van der Waals surface area (Å²) in [4.78, 5) is 4.25. The number of aromatic nitrogens is 1. The number of anilines is 2. The van der Waals surface area contributed by atoms with Gasteiger partial charge in [-0.05, 0) is 62.2 Å². The van der Waals surface area contributed by atoms with Crippen molar-refractivity contribution in [3.05, 3.63) is 51.0 Å². The highest BCUT2D eigenvalue weighted by molar-refractivity contribution is 9.11. The van der Waals surface area contributed by atoms with Gasteiger partial charge < -0.3 is 5.32 Å². The molecule has 0 bridgehead atoms. The van der Waals surface area contributed by atoms with Crippen LogP contribution in [-0.2, 0) is 0 Å². The van der Waals surface area contributed by atoms with E-state index in [2.05, 4.69) is 48.2 Å². The molecular formula is C12H7Br2N3. The lowest BCUT2D eigenvalue weighted by Crippen LogP contribution is -1.94. The van der Waals surface area contributed by atoms with Gasteiger partial charge in [0, 0.05) is 16.4 Å². The molecule has 2 rings (SSSR count). The van der Waals surface area contributed by atoms with Crippen LogP contribution < -0.4 is 5.32 Å². The first-order valence-corrected chi connectivity index (χ1v) is 6.36. The Morgan fingerprint density at radius 2 is 1.88 bits per heavy atom. The Morgan fingerprint density at radius 3 is 2.47 bits per heavy atom. The van der Waals surface area contributed by atoms with Gasteiger partial charge >= 0.3 is 0 Å². The second-order valence-electron chi connectivity index (χ2n) is 3.30. The highest BCUT2D eigenvalue weighted by Crippen LogP contribution is 2.26. The average molecular weight is 353 g/mol. The molecule has 2 aromatic rings. The molecule has 1 aromatic carbocycles. The van der Waals surface area contributed by atoms with Crippen molar-refractivity contribution in [1.29, 1.82) is 5.26 Å². The predicted octanol–water partition coefficient (Wildman–Crippen LogP) is 4.22. The van der Waals surface area contributed by atoms with Gasteiger partial charge in [-0.3, -0.25) is 0 Å². The number of rotatable bonds is 2. The van der Waals surface area contributed by atoms with E-state index in [0.29, 0.717) is 5.56 Å². The van der Waals surface area contributed by atoms with Gasteiger partial charge in [0.1, 0.15) is 5.82 Å². The largest absolute Gasteiger partial charge is 0.339 e. The molecule has 0 saturated carbocycles. The number of hydrogen-bond donors (Lipinski definition) is 1. The molecule has 0 unspecified atom stereocenters. The van der Waals surface area contributed by atoms with Crippen molar-refractivity contribution < 1.29 is 0 Å². The minimum atomic E-state index is 0.637. The van der Waals surface area contributed by atoms with Crippen LogP contribution in [0.15, 0.2) is 45.5 Å². The first kappa shape index (κ1) is 12.1. The Labute approximate surface area is 116 Å². The van der Waals surface area contributed by atoms with E-state index in [1.54, 1.807) is 18.3 Å². The molecular weight excluding hydrogens is 346 g/mol. The van der Waals surface area contributed by atoms with E-state index in [1.807, 2.05) is 18.2 Å². The monoisotopic (exact) mass is 351 g/mol. The minimum absolute atomic E-state index is 0.637. The van der Waals surface area contributed by atoms with Gasteiger partial charge in [-0.2, -0.15) is 5.26 Å². The first-order valence-electron chi connectivity index (χ1n) is 4.77. The van der Waals surface area contributed by atoms with Crippen LogP contribution in [-0.4, -0.2) is 4.98 Å². The number of benzene rings is 1. The normalized spacial score (nSPS) is 9.71. The number of nitrogens with zero attached hydrogens (tertiary/aromatic N) is 2. The van der Waals surface area contributed by atoms with E-state index in [4.69, 9.17) is 5.26 Å². The summed E-state index contributed by atoms with van der Waals surface area (Å²) < 4.78 is 1.78. The van der Waals surface area contributed by atoms with Crippen LogP contribution >= 0.6 is 31.9 Å². The van der Waals surface area contributed by atoms with Crippen LogP contribution in [0, 0.1) is 11.3 Å². The Bertz CT molecular complexity index is 573. The first-order chi connectivity index (χ1) is 8.19. The van der Waals surface area contributed by atoms with Crippen LogP contribution in [0.25, 0.3) is 0 Å². The molecule has 1 aromatic heterocycles. The maximum atomic E-state index is 8.70. The SMILES string of the molecule is N#Cc1ccc(Nc2ncc(Br)cc2Br)cc1. The van der Waals surface area contributed by atoms with Gasteiger partial charge in [0.05, 0.1) is 16.1 Å². The van der Waals surface area contributed by atoms with Crippen LogP contribution in [0.5, 0.6) is 0 Å². The van der Waals surface area contributed by atoms with Gasteiger partial charge in [-0.25, -0.2) is 4.98 Å². The summed E-state index contributed by atoms with van der Waals surface area (Å²) in [6.45, 7) is 0. The van der Waals surface area contributed by atoms with Gasteiger partial charge in [0.25, 0.3) is 0 Å². The number of pyridine rings is 1. The fourth-order valence-electron chi connectivity index (χ4n) is 1.27. The lowest BCUT2D eigenvalue weighted by molar-refractivity contribution is 1.27. The maximum absolute atomic E-state index is 8.70. The van der Waals surface area contributed by atoms with Crippen LogP contribution in [0.3, 0.4) is 0 Å². The molecule has 0 aliphatic heterocycles. The van der Waals surface area contributed by atoms with Gasteiger partial charge in [0.2, 0.25) is 0 Å². The number of hydrogen-bond acceptors (Lipinski definition) is 3. The van der Waals surface area contributed by atoms with Crippen molar-refractivity contribution in [1.82, 2.24) is 4.98 Å². The van der Waals surface area contributed by atoms with Crippen LogP contribution in [0.4, 0.5) is 11.5 Å². The van der Waals surface area contributed by atoms with Crippen molar-refractivity contribution in [2.24, 2.45) is 0 Å². The second-order valence-corrected chi connectivity index (χ2v) is 5.07. The Balaban J connectivity index is 2.23. The molecule has 5 heteroatoms. The third kappa shape index (κ3) is 3.05. The predicted molar refractivity (Wildman–Crippen MR) is 74.1 cm³/mol. The fraction of sp³-hybridized carbons (Fsp3) is 0. The van der Waals surface area contributed by atoms with Crippen molar-refractivity contribution in [3.63, 3.8) is 0 Å². The third-order valence-corrected chi connectivity index (χ3v) is 3.12. The van der Waals surface area contributed by atoms with Crippen LogP contribution in [0.1, 0.15) is 5.56 Å².